The molecule has 0 saturated carbocycles. The first-order chi connectivity index (χ1) is 9.15. The molecular formula is C16H25NOS. The van der Waals surface area contributed by atoms with Crippen molar-refractivity contribution in [3.8, 4) is 0 Å². The van der Waals surface area contributed by atoms with Gasteiger partial charge in [-0.05, 0) is 45.4 Å². The molecule has 0 aromatic heterocycles. The highest BCUT2D eigenvalue weighted by molar-refractivity contribution is 7.98. The van der Waals surface area contributed by atoms with E-state index < -0.39 is 0 Å². The first kappa shape index (κ1) is 16.3. The second-order valence-corrected chi connectivity index (χ2v) is 5.99. The van der Waals surface area contributed by atoms with E-state index in [1.165, 1.54) is 12.2 Å². The number of hydrogen-bond donors (Lipinski definition) is 0. The Balaban J connectivity index is 2.24. The third kappa shape index (κ3) is 6.26. The van der Waals surface area contributed by atoms with Gasteiger partial charge in [-0.15, -0.1) is 0 Å². The minimum absolute atomic E-state index is 0.255. The SMILES string of the molecule is CSCCC(C)N(C)CCCC(=O)c1ccccc1. The zero-order chi connectivity index (χ0) is 14.1. The summed E-state index contributed by atoms with van der Waals surface area (Å²) < 4.78 is 0. The van der Waals surface area contributed by atoms with Crippen molar-refractivity contribution in [2.75, 3.05) is 25.6 Å². The number of nitrogens with zero attached hydrogens (tertiary/aromatic N) is 1. The molecule has 0 aliphatic heterocycles. The van der Waals surface area contributed by atoms with Crippen LogP contribution in [0.15, 0.2) is 30.3 Å². The van der Waals surface area contributed by atoms with E-state index in [2.05, 4.69) is 25.1 Å². The minimum atomic E-state index is 0.255. The molecule has 0 radical (unpaired) electrons. The van der Waals surface area contributed by atoms with Crippen molar-refractivity contribution in [2.24, 2.45) is 0 Å². The van der Waals surface area contributed by atoms with Gasteiger partial charge in [0.05, 0.1) is 0 Å². The van der Waals surface area contributed by atoms with Crippen LogP contribution in [0.3, 0.4) is 0 Å². The van der Waals surface area contributed by atoms with Crippen LogP contribution >= 0.6 is 11.8 Å². The van der Waals surface area contributed by atoms with Crippen LogP contribution in [0, 0.1) is 0 Å². The van der Waals surface area contributed by atoms with E-state index in [1.807, 2.05) is 42.1 Å². The molecule has 0 fully saturated rings. The first-order valence-corrected chi connectivity index (χ1v) is 8.32. The molecule has 1 atom stereocenters. The lowest BCUT2D eigenvalue weighted by Crippen LogP contribution is -2.30. The molecule has 1 unspecified atom stereocenters. The summed E-state index contributed by atoms with van der Waals surface area (Å²) in [5.74, 6) is 1.46. The van der Waals surface area contributed by atoms with Crippen LogP contribution in [0.2, 0.25) is 0 Å². The summed E-state index contributed by atoms with van der Waals surface area (Å²) in [6.45, 7) is 3.25. The smallest absolute Gasteiger partial charge is 0.162 e. The topological polar surface area (TPSA) is 20.3 Å². The second-order valence-electron chi connectivity index (χ2n) is 5.00. The number of ketones is 1. The zero-order valence-corrected chi connectivity index (χ0v) is 13.1. The van der Waals surface area contributed by atoms with Gasteiger partial charge < -0.3 is 4.90 Å². The Hall–Kier alpha value is -0.800. The fraction of sp³-hybridized carbons (Fsp3) is 0.562. The molecule has 2 nitrogen and oxygen atoms in total. The Bertz CT molecular complexity index is 366. The maximum atomic E-state index is 11.9. The Morgan fingerprint density at radius 1 is 1.32 bits per heavy atom. The zero-order valence-electron chi connectivity index (χ0n) is 12.3. The average Bonchev–Trinajstić information content (AvgIpc) is 2.45. The molecule has 1 aromatic rings. The van der Waals surface area contributed by atoms with Gasteiger partial charge in [0.25, 0.3) is 0 Å². The molecule has 0 heterocycles. The number of carbonyl (C=O) groups is 1. The maximum Gasteiger partial charge on any atom is 0.162 e. The monoisotopic (exact) mass is 279 g/mol. The van der Waals surface area contributed by atoms with Gasteiger partial charge in [-0.1, -0.05) is 30.3 Å². The number of thioether (sulfide) groups is 1. The van der Waals surface area contributed by atoms with E-state index in [1.54, 1.807) is 0 Å². The third-order valence-electron chi connectivity index (χ3n) is 3.50. The largest absolute Gasteiger partial charge is 0.304 e. The van der Waals surface area contributed by atoms with Gasteiger partial charge in [0, 0.05) is 18.0 Å². The molecule has 0 aliphatic rings. The van der Waals surface area contributed by atoms with Crippen molar-refractivity contribution >= 4 is 17.5 Å². The molecule has 3 heteroatoms. The molecule has 0 aliphatic carbocycles. The maximum absolute atomic E-state index is 11.9. The fourth-order valence-corrected chi connectivity index (χ4v) is 2.56. The Labute approximate surface area is 121 Å². The molecule has 1 aromatic carbocycles. The summed E-state index contributed by atoms with van der Waals surface area (Å²) in [5, 5.41) is 0. The highest BCUT2D eigenvalue weighted by Crippen LogP contribution is 2.09. The van der Waals surface area contributed by atoms with Gasteiger partial charge in [0.15, 0.2) is 5.78 Å². The molecule has 0 saturated heterocycles. The Kier molecular flexibility index (Phi) is 7.84. The molecule has 1 rings (SSSR count). The van der Waals surface area contributed by atoms with Gasteiger partial charge in [-0.2, -0.15) is 11.8 Å². The quantitative estimate of drug-likeness (QED) is 0.643. The predicted molar refractivity (Wildman–Crippen MR) is 85.1 cm³/mol. The first-order valence-electron chi connectivity index (χ1n) is 6.92. The summed E-state index contributed by atoms with van der Waals surface area (Å²) in [7, 11) is 2.15. The van der Waals surface area contributed by atoms with Crippen LogP contribution in [0.4, 0.5) is 0 Å². The number of carbonyl (C=O) groups excluding carboxylic acids is 1. The van der Waals surface area contributed by atoms with Crippen molar-refractivity contribution in [3.63, 3.8) is 0 Å². The summed E-state index contributed by atoms with van der Waals surface area (Å²) in [6.07, 6.45) is 4.94. The molecule has 0 N–H and O–H groups in total. The van der Waals surface area contributed by atoms with Crippen LogP contribution in [0.5, 0.6) is 0 Å². The minimum Gasteiger partial charge on any atom is -0.304 e. The average molecular weight is 279 g/mol. The van der Waals surface area contributed by atoms with Crippen molar-refractivity contribution in [2.45, 2.75) is 32.2 Å². The molecule has 106 valence electrons. The lowest BCUT2D eigenvalue weighted by molar-refractivity contribution is 0.0974. The summed E-state index contributed by atoms with van der Waals surface area (Å²) in [6, 6.07) is 10.2. The number of Topliss-reactive ketones (excluding diaryl/α,β-unsaturated/α-hetero) is 1. The van der Waals surface area contributed by atoms with Gasteiger partial charge >= 0.3 is 0 Å². The van der Waals surface area contributed by atoms with E-state index in [4.69, 9.17) is 0 Å². The Morgan fingerprint density at radius 2 is 2.00 bits per heavy atom. The summed E-state index contributed by atoms with van der Waals surface area (Å²) >= 11 is 1.89. The van der Waals surface area contributed by atoms with E-state index in [-0.39, 0.29) is 5.78 Å². The normalized spacial score (nSPS) is 12.6. The van der Waals surface area contributed by atoms with Gasteiger partial charge in [-0.3, -0.25) is 4.79 Å². The van der Waals surface area contributed by atoms with E-state index in [9.17, 15) is 4.79 Å². The highest BCUT2D eigenvalue weighted by Gasteiger charge is 2.10. The molecule has 0 amide bonds. The van der Waals surface area contributed by atoms with Gasteiger partial charge in [-0.25, -0.2) is 0 Å². The lowest BCUT2D eigenvalue weighted by Gasteiger charge is -2.24. The Morgan fingerprint density at radius 3 is 2.63 bits per heavy atom. The van der Waals surface area contributed by atoms with E-state index in [0.29, 0.717) is 12.5 Å². The van der Waals surface area contributed by atoms with Crippen LogP contribution in [-0.2, 0) is 0 Å². The van der Waals surface area contributed by atoms with Crippen LogP contribution < -0.4 is 0 Å². The standard InChI is InChI=1S/C16H25NOS/c1-14(11-13-19-3)17(2)12-7-10-16(18)15-8-5-4-6-9-15/h4-6,8-9,14H,7,10-13H2,1-3H3. The van der Waals surface area contributed by atoms with E-state index in [0.717, 1.165) is 18.5 Å². The van der Waals surface area contributed by atoms with Gasteiger partial charge in [0.2, 0.25) is 0 Å². The molecule has 19 heavy (non-hydrogen) atoms. The summed E-state index contributed by atoms with van der Waals surface area (Å²) in [5.41, 5.74) is 0.834. The second kappa shape index (κ2) is 9.16. The van der Waals surface area contributed by atoms with Crippen molar-refractivity contribution in [3.05, 3.63) is 35.9 Å². The molecular weight excluding hydrogens is 254 g/mol. The molecule has 0 bridgehead atoms. The summed E-state index contributed by atoms with van der Waals surface area (Å²) in [4.78, 5) is 14.3. The molecule has 0 spiro atoms. The van der Waals surface area contributed by atoms with Crippen LogP contribution in [0.1, 0.15) is 36.5 Å². The van der Waals surface area contributed by atoms with E-state index >= 15 is 0 Å². The van der Waals surface area contributed by atoms with Crippen molar-refractivity contribution in [1.82, 2.24) is 4.90 Å². The van der Waals surface area contributed by atoms with Gasteiger partial charge in [0.1, 0.15) is 0 Å². The van der Waals surface area contributed by atoms with Crippen LogP contribution in [-0.4, -0.2) is 42.3 Å². The highest BCUT2D eigenvalue weighted by atomic mass is 32.2. The van der Waals surface area contributed by atoms with Crippen molar-refractivity contribution < 1.29 is 4.79 Å². The van der Waals surface area contributed by atoms with Crippen molar-refractivity contribution in [1.29, 1.82) is 0 Å². The fourth-order valence-electron chi connectivity index (χ4n) is 1.99. The number of rotatable bonds is 9. The lowest BCUT2D eigenvalue weighted by atomic mass is 10.1. The number of benzene rings is 1. The predicted octanol–water partition coefficient (Wildman–Crippen LogP) is 3.72. The van der Waals surface area contributed by atoms with Crippen LogP contribution in [0.25, 0.3) is 0 Å². The number of hydrogen-bond acceptors (Lipinski definition) is 3. The third-order valence-corrected chi connectivity index (χ3v) is 4.15.